The van der Waals surface area contributed by atoms with E-state index in [0.29, 0.717) is 11.8 Å². The summed E-state index contributed by atoms with van der Waals surface area (Å²) in [6, 6.07) is 0. The molecule has 202 valence electrons. The number of carbonyl (C=O) groups is 1. The monoisotopic (exact) mass is 478 g/mol. The van der Waals surface area contributed by atoms with E-state index in [1.54, 1.807) is 0 Å². The van der Waals surface area contributed by atoms with Gasteiger partial charge in [0.05, 0.1) is 0 Å². The van der Waals surface area contributed by atoms with Crippen molar-refractivity contribution in [2.75, 3.05) is 33.2 Å². The molecule has 1 rings (SSSR count). The average Bonchev–Trinajstić information content (AvgIpc) is 2.84. The van der Waals surface area contributed by atoms with E-state index < -0.39 is 0 Å². The Morgan fingerprint density at radius 1 is 0.735 bits per heavy atom. The lowest BCUT2D eigenvalue weighted by Crippen LogP contribution is -2.42. The summed E-state index contributed by atoms with van der Waals surface area (Å²) in [7, 11) is 2.07. The molecule has 3 nitrogen and oxygen atoms in total. The zero-order valence-electron chi connectivity index (χ0n) is 24.1. The van der Waals surface area contributed by atoms with Crippen molar-refractivity contribution in [3.05, 3.63) is 0 Å². The van der Waals surface area contributed by atoms with Crippen LogP contribution in [0.2, 0.25) is 0 Å². The summed E-state index contributed by atoms with van der Waals surface area (Å²) in [5.74, 6) is 2.26. The first-order valence-electron chi connectivity index (χ1n) is 15.5. The van der Waals surface area contributed by atoms with Gasteiger partial charge in [0.1, 0.15) is 0 Å². The molecule has 0 spiro atoms. The largest absolute Gasteiger partial charge is 0.345 e. The SMILES string of the molecule is CCCCCCC(CCCCC)CN1CCC(CN(C)C(=O)C(CCC)CCCCCC)CC1. The van der Waals surface area contributed by atoms with Gasteiger partial charge >= 0.3 is 0 Å². The number of nitrogens with zero attached hydrogens (tertiary/aromatic N) is 2. The predicted molar refractivity (Wildman–Crippen MR) is 150 cm³/mol. The Bertz CT molecular complexity index is 472. The molecular weight excluding hydrogens is 416 g/mol. The third-order valence-electron chi connectivity index (χ3n) is 8.21. The van der Waals surface area contributed by atoms with Crippen LogP contribution >= 0.6 is 0 Å². The maximum Gasteiger partial charge on any atom is 0.225 e. The molecule has 2 unspecified atom stereocenters. The zero-order chi connectivity index (χ0) is 25.0. The fourth-order valence-electron chi connectivity index (χ4n) is 5.93. The molecule has 1 aliphatic rings. The van der Waals surface area contributed by atoms with Gasteiger partial charge in [0.2, 0.25) is 5.91 Å². The number of hydrogen-bond acceptors (Lipinski definition) is 2. The highest BCUT2D eigenvalue weighted by atomic mass is 16.2. The second kappa shape index (κ2) is 20.6. The highest BCUT2D eigenvalue weighted by Gasteiger charge is 2.26. The van der Waals surface area contributed by atoms with Crippen molar-refractivity contribution in [1.82, 2.24) is 9.80 Å². The molecule has 3 heteroatoms. The molecule has 0 N–H and O–H groups in total. The van der Waals surface area contributed by atoms with Crippen LogP contribution in [0.4, 0.5) is 0 Å². The van der Waals surface area contributed by atoms with E-state index in [-0.39, 0.29) is 5.92 Å². The Morgan fingerprint density at radius 3 is 1.82 bits per heavy atom. The quantitative estimate of drug-likeness (QED) is 0.154. The van der Waals surface area contributed by atoms with Crippen molar-refractivity contribution in [3.8, 4) is 0 Å². The molecule has 1 amide bonds. The van der Waals surface area contributed by atoms with E-state index in [2.05, 4.69) is 44.5 Å². The van der Waals surface area contributed by atoms with Crippen LogP contribution in [0, 0.1) is 17.8 Å². The molecule has 1 heterocycles. The first kappa shape index (κ1) is 31.5. The molecule has 0 aromatic heterocycles. The molecule has 0 bridgehead atoms. The van der Waals surface area contributed by atoms with Gasteiger partial charge in [0, 0.05) is 26.1 Å². The maximum atomic E-state index is 13.2. The van der Waals surface area contributed by atoms with E-state index in [4.69, 9.17) is 0 Å². The highest BCUT2D eigenvalue weighted by Crippen LogP contribution is 2.25. The number of amides is 1. The number of rotatable bonds is 21. The molecule has 0 aromatic carbocycles. The summed E-state index contributed by atoms with van der Waals surface area (Å²) < 4.78 is 0. The van der Waals surface area contributed by atoms with Gasteiger partial charge in [-0.2, -0.15) is 0 Å². The van der Waals surface area contributed by atoms with E-state index in [1.807, 2.05) is 0 Å². The Balaban J connectivity index is 2.42. The second-order valence-electron chi connectivity index (χ2n) is 11.5. The van der Waals surface area contributed by atoms with E-state index >= 15 is 0 Å². The van der Waals surface area contributed by atoms with E-state index in [1.165, 1.54) is 116 Å². The van der Waals surface area contributed by atoms with Gasteiger partial charge < -0.3 is 9.80 Å². The normalized spacial score (nSPS) is 17.1. The Morgan fingerprint density at radius 2 is 1.26 bits per heavy atom. The standard InChI is InChI=1S/C31H62N2O/c1-6-10-13-16-20-28(19-15-12-8-3)27-33-24-22-29(23-25-33)26-32(5)31(34)30(18-9-4)21-17-14-11-7-2/h28-30H,6-27H2,1-5H3. The van der Waals surface area contributed by atoms with E-state index in [9.17, 15) is 4.79 Å². The number of likely N-dealkylation sites (tertiary alicyclic amines) is 1. The zero-order valence-corrected chi connectivity index (χ0v) is 24.1. The van der Waals surface area contributed by atoms with Gasteiger partial charge in [0.15, 0.2) is 0 Å². The minimum atomic E-state index is 0.253. The van der Waals surface area contributed by atoms with Crippen molar-refractivity contribution in [2.24, 2.45) is 17.8 Å². The van der Waals surface area contributed by atoms with Crippen molar-refractivity contribution in [3.63, 3.8) is 0 Å². The summed E-state index contributed by atoms with van der Waals surface area (Å²) in [6.45, 7) is 13.9. The van der Waals surface area contributed by atoms with Gasteiger partial charge in [-0.25, -0.2) is 0 Å². The lowest BCUT2D eigenvalue weighted by atomic mass is 9.91. The number of hydrogen-bond donors (Lipinski definition) is 0. The van der Waals surface area contributed by atoms with Crippen molar-refractivity contribution >= 4 is 5.91 Å². The summed E-state index contributed by atoms with van der Waals surface area (Å²) in [4.78, 5) is 18.0. The fraction of sp³-hybridized carbons (Fsp3) is 0.968. The van der Waals surface area contributed by atoms with Crippen molar-refractivity contribution in [1.29, 1.82) is 0 Å². The number of piperidine rings is 1. The van der Waals surface area contributed by atoms with Crippen LogP contribution in [0.1, 0.15) is 143 Å². The second-order valence-corrected chi connectivity index (χ2v) is 11.5. The van der Waals surface area contributed by atoms with Crippen LogP contribution < -0.4 is 0 Å². The Kier molecular flexibility index (Phi) is 19.1. The van der Waals surface area contributed by atoms with Crippen LogP contribution in [-0.2, 0) is 4.79 Å². The topological polar surface area (TPSA) is 23.6 Å². The van der Waals surface area contributed by atoms with Gasteiger partial charge in [-0.1, -0.05) is 105 Å². The van der Waals surface area contributed by atoms with Gasteiger partial charge in [-0.15, -0.1) is 0 Å². The lowest BCUT2D eigenvalue weighted by Gasteiger charge is -2.36. The van der Waals surface area contributed by atoms with Crippen LogP contribution in [0.3, 0.4) is 0 Å². The van der Waals surface area contributed by atoms with Gasteiger partial charge in [-0.3, -0.25) is 4.79 Å². The molecule has 1 fully saturated rings. The Labute approximate surface area is 214 Å². The molecule has 0 radical (unpaired) electrons. The van der Waals surface area contributed by atoms with Crippen molar-refractivity contribution < 1.29 is 4.79 Å². The van der Waals surface area contributed by atoms with Crippen LogP contribution in [0.15, 0.2) is 0 Å². The van der Waals surface area contributed by atoms with Crippen molar-refractivity contribution in [2.45, 2.75) is 143 Å². The third-order valence-corrected chi connectivity index (χ3v) is 8.21. The summed E-state index contributed by atoms with van der Waals surface area (Å²) in [6.07, 6.45) is 23.4. The van der Waals surface area contributed by atoms with Gasteiger partial charge in [-0.05, 0) is 63.5 Å². The molecule has 0 aliphatic carbocycles. The summed E-state index contributed by atoms with van der Waals surface area (Å²) in [5.41, 5.74) is 0. The molecule has 1 saturated heterocycles. The molecule has 0 saturated carbocycles. The van der Waals surface area contributed by atoms with Crippen LogP contribution in [0.25, 0.3) is 0 Å². The first-order valence-corrected chi connectivity index (χ1v) is 15.5. The summed E-state index contributed by atoms with van der Waals surface area (Å²) in [5, 5.41) is 0. The maximum absolute atomic E-state index is 13.2. The molecule has 2 atom stereocenters. The molecular formula is C31H62N2O. The van der Waals surface area contributed by atoms with Gasteiger partial charge in [0.25, 0.3) is 0 Å². The van der Waals surface area contributed by atoms with Crippen LogP contribution in [-0.4, -0.2) is 48.9 Å². The van der Waals surface area contributed by atoms with Crippen LogP contribution in [0.5, 0.6) is 0 Å². The minimum absolute atomic E-state index is 0.253. The fourth-order valence-corrected chi connectivity index (χ4v) is 5.93. The smallest absolute Gasteiger partial charge is 0.225 e. The number of carbonyl (C=O) groups excluding carboxylic acids is 1. The lowest BCUT2D eigenvalue weighted by molar-refractivity contribution is -0.135. The first-order chi connectivity index (χ1) is 16.5. The minimum Gasteiger partial charge on any atom is -0.345 e. The van der Waals surface area contributed by atoms with E-state index in [0.717, 1.165) is 31.7 Å². The Hall–Kier alpha value is -0.570. The number of unbranched alkanes of at least 4 members (excludes halogenated alkanes) is 8. The summed E-state index contributed by atoms with van der Waals surface area (Å²) >= 11 is 0. The molecule has 1 aliphatic heterocycles. The average molecular weight is 479 g/mol. The third kappa shape index (κ3) is 14.1. The molecule has 34 heavy (non-hydrogen) atoms. The predicted octanol–water partition coefficient (Wildman–Crippen LogP) is 8.71. The highest BCUT2D eigenvalue weighted by molar-refractivity contribution is 5.78. The molecule has 0 aromatic rings.